The molecule has 0 spiro atoms. The second-order valence-corrected chi connectivity index (χ2v) is 8.54. The summed E-state index contributed by atoms with van der Waals surface area (Å²) in [5.41, 5.74) is 2.82. The Labute approximate surface area is 161 Å². The smallest absolute Gasteiger partial charge is 0.0621 e. The average Bonchev–Trinajstić information content (AvgIpc) is 2.67. The Morgan fingerprint density at radius 3 is 2.08 bits per heavy atom. The van der Waals surface area contributed by atoms with Crippen LogP contribution in [0.5, 0.6) is 0 Å². The molecular weight excluding hydrogens is 342 g/mol. The van der Waals surface area contributed by atoms with Crippen molar-refractivity contribution in [2.75, 3.05) is 5.75 Å². The van der Waals surface area contributed by atoms with Crippen molar-refractivity contribution in [1.82, 2.24) is 0 Å². The minimum atomic E-state index is 0.693. The van der Waals surface area contributed by atoms with Crippen LogP contribution in [0.3, 0.4) is 0 Å². The van der Waals surface area contributed by atoms with Crippen LogP contribution >= 0.6 is 23.5 Å². The maximum Gasteiger partial charge on any atom is 0.0621 e. The number of unbranched alkanes of at least 4 members (excludes halogenated alkanes) is 2. The minimum absolute atomic E-state index is 0.693. The third kappa shape index (κ3) is 9.05. The third-order valence-electron chi connectivity index (χ3n) is 4.09. The van der Waals surface area contributed by atoms with Gasteiger partial charge in [-0.3, -0.25) is 0 Å². The quantitative estimate of drug-likeness (QED) is 0.389. The molecule has 25 heavy (non-hydrogen) atoms. The number of rotatable bonds is 12. The predicted octanol–water partition coefficient (Wildman–Crippen LogP) is 6.70. The van der Waals surface area contributed by atoms with Crippen LogP contribution < -0.4 is 0 Å². The largest absolute Gasteiger partial charge is 0.198 e. The predicted molar refractivity (Wildman–Crippen MR) is 113 cm³/mol. The summed E-state index contributed by atoms with van der Waals surface area (Å²) in [4.78, 5) is 0. The highest BCUT2D eigenvalue weighted by Crippen LogP contribution is 2.27. The number of benzene rings is 2. The van der Waals surface area contributed by atoms with Crippen molar-refractivity contribution in [3.05, 3.63) is 71.8 Å². The van der Waals surface area contributed by atoms with Crippen LogP contribution in [0.15, 0.2) is 60.7 Å². The molecule has 2 aromatic rings. The van der Waals surface area contributed by atoms with E-state index in [0.29, 0.717) is 11.7 Å². The molecule has 0 aliphatic carbocycles. The topological polar surface area (TPSA) is 23.8 Å². The molecule has 1 unspecified atom stereocenters. The van der Waals surface area contributed by atoms with E-state index in [9.17, 15) is 0 Å². The number of hydrogen-bond donors (Lipinski definition) is 0. The lowest BCUT2D eigenvalue weighted by Crippen LogP contribution is -2.05. The van der Waals surface area contributed by atoms with Gasteiger partial charge < -0.3 is 0 Å². The van der Waals surface area contributed by atoms with E-state index >= 15 is 0 Å². The summed E-state index contributed by atoms with van der Waals surface area (Å²) >= 11 is 4.12. The van der Waals surface area contributed by atoms with Gasteiger partial charge in [-0.15, -0.1) is 0 Å². The Kier molecular flexibility index (Phi) is 10.3. The van der Waals surface area contributed by atoms with Gasteiger partial charge in [-0.25, -0.2) is 0 Å². The molecular formula is C22H27NS2. The molecule has 0 radical (unpaired) electrons. The highest BCUT2D eigenvalue weighted by molar-refractivity contribution is 7.99. The number of hydrogen-bond acceptors (Lipinski definition) is 3. The summed E-state index contributed by atoms with van der Waals surface area (Å²) < 4.78 is 0. The van der Waals surface area contributed by atoms with Crippen molar-refractivity contribution in [3.8, 4) is 6.07 Å². The molecule has 0 aromatic heterocycles. The Balaban J connectivity index is 1.71. The molecule has 0 saturated carbocycles. The number of thioether (sulfide) groups is 2. The zero-order chi connectivity index (χ0) is 17.6. The zero-order valence-electron chi connectivity index (χ0n) is 14.8. The maximum absolute atomic E-state index is 8.71. The summed E-state index contributed by atoms with van der Waals surface area (Å²) in [6, 6.07) is 23.7. The second-order valence-electron chi connectivity index (χ2n) is 6.15. The van der Waals surface area contributed by atoms with E-state index in [2.05, 4.69) is 78.5 Å². The molecule has 1 nitrogen and oxygen atoms in total. The lowest BCUT2D eigenvalue weighted by molar-refractivity contribution is 0.654. The molecule has 2 aromatic carbocycles. The first-order chi connectivity index (χ1) is 12.4. The molecule has 0 saturated heterocycles. The standard InChI is InChI=1S/C22H27NS2/c23-16-9-3-8-14-22(25-19-21-12-6-2-7-13-21)15-17-24-18-20-10-4-1-5-11-20/h1-2,4-7,10-13,22H,3,8-9,14-15,17-19H2. The van der Waals surface area contributed by atoms with Gasteiger partial charge in [-0.2, -0.15) is 28.8 Å². The zero-order valence-corrected chi connectivity index (χ0v) is 16.4. The van der Waals surface area contributed by atoms with Gasteiger partial charge in [0.25, 0.3) is 0 Å². The molecule has 0 bridgehead atoms. The van der Waals surface area contributed by atoms with E-state index < -0.39 is 0 Å². The average molecular weight is 370 g/mol. The highest BCUT2D eigenvalue weighted by atomic mass is 32.2. The summed E-state index contributed by atoms with van der Waals surface area (Å²) in [6.45, 7) is 0. The Hall–Kier alpha value is -1.37. The fourth-order valence-corrected chi connectivity index (χ4v) is 5.07. The van der Waals surface area contributed by atoms with Gasteiger partial charge in [-0.05, 0) is 36.1 Å². The second kappa shape index (κ2) is 12.9. The van der Waals surface area contributed by atoms with Crippen molar-refractivity contribution in [2.45, 2.75) is 48.9 Å². The van der Waals surface area contributed by atoms with Crippen LogP contribution in [-0.2, 0) is 11.5 Å². The monoisotopic (exact) mass is 369 g/mol. The van der Waals surface area contributed by atoms with Crippen molar-refractivity contribution >= 4 is 23.5 Å². The van der Waals surface area contributed by atoms with Crippen molar-refractivity contribution in [1.29, 1.82) is 5.26 Å². The lowest BCUT2D eigenvalue weighted by Gasteiger charge is -2.16. The maximum atomic E-state index is 8.71. The van der Waals surface area contributed by atoms with Crippen LogP contribution in [0.25, 0.3) is 0 Å². The van der Waals surface area contributed by atoms with Crippen LogP contribution in [0.2, 0.25) is 0 Å². The first-order valence-electron chi connectivity index (χ1n) is 9.02. The Bertz CT molecular complexity index is 607. The van der Waals surface area contributed by atoms with Crippen molar-refractivity contribution in [2.24, 2.45) is 0 Å². The van der Waals surface area contributed by atoms with Gasteiger partial charge in [0, 0.05) is 23.2 Å². The van der Waals surface area contributed by atoms with E-state index in [-0.39, 0.29) is 0 Å². The molecule has 0 N–H and O–H groups in total. The molecule has 3 heteroatoms. The van der Waals surface area contributed by atoms with Crippen LogP contribution in [0, 0.1) is 11.3 Å². The molecule has 2 rings (SSSR count). The first kappa shape index (κ1) is 19.9. The first-order valence-corrected chi connectivity index (χ1v) is 11.2. The lowest BCUT2D eigenvalue weighted by atomic mass is 10.1. The molecule has 0 aliphatic rings. The molecule has 132 valence electrons. The molecule has 0 fully saturated rings. The molecule has 0 amide bonds. The van der Waals surface area contributed by atoms with E-state index in [0.717, 1.165) is 17.9 Å². The summed E-state index contributed by atoms with van der Waals surface area (Å²) in [7, 11) is 0. The number of nitrogens with zero attached hydrogens (tertiary/aromatic N) is 1. The highest BCUT2D eigenvalue weighted by Gasteiger charge is 2.10. The van der Waals surface area contributed by atoms with Crippen molar-refractivity contribution < 1.29 is 0 Å². The van der Waals surface area contributed by atoms with Crippen LogP contribution in [-0.4, -0.2) is 11.0 Å². The summed E-state index contributed by atoms with van der Waals surface area (Å²) in [5, 5.41) is 9.40. The van der Waals surface area contributed by atoms with Gasteiger partial charge in [0.15, 0.2) is 0 Å². The van der Waals surface area contributed by atoms with E-state index in [1.165, 1.54) is 36.1 Å². The Morgan fingerprint density at radius 1 is 0.800 bits per heavy atom. The van der Waals surface area contributed by atoms with Crippen LogP contribution in [0.4, 0.5) is 0 Å². The number of nitriles is 1. The minimum Gasteiger partial charge on any atom is -0.198 e. The molecule has 0 heterocycles. The van der Waals surface area contributed by atoms with Gasteiger partial charge in [-0.1, -0.05) is 67.1 Å². The van der Waals surface area contributed by atoms with E-state index in [1.54, 1.807) is 0 Å². The fraction of sp³-hybridized carbons (Fsp3) is 0.409. The fourth-order valence-electron chi connectivity index (χ4n) is 2.65. The van der Waals surface area contributed by atoms with Crippen molar-refractivity contribution in [3.63, 3.8) is 0 Å². The normalized spacial score (nSPS) is 11.8. The van der Waals surface area contributed by atoms with Crippen LogP contribution in [0.1, 0.15) is 43.2 Å². The van der Waals surface area contributed by atoms with Gasteiger partial charge >= 0.3 is 0 Å². The molecule has 1 atom stereocenters. The van der Waals surface area contributed by atoms with E-state index in [4.69, 9.17) is 5.26 Å². The summed E-state index contributed by atoms with van der Waals surface area (Å²) in [5.74, 6) is 3.40. The molecule has 0 aliphatic heterocycles. The van der Waals surface area contributed by atoms with Gasteiger partial charge in [0.1, 0.15) is 0 Å². The SMILES string of the molecule is N#CCCCCC(CCSCc1ccccc1)SCc1ccccc1. The Morgan fingerprint density at radius 2 is 1.44 bits per heavy atom. The van der Waals surface area contributed by atoms with Gasteiger partial charge in [0.2, 0.25) is 0 Å². The van der Waals surface area contributed by atoms with Gasteiger partial charge in [0.05, 0.1) is 6.07 Å². The summed E-state index contributed by atoms with van der Waals surface area (Å²) in [6.07, 6.45) is 5.38. The third-order valence-corrected chi connectivity index (χ3v) is 6.59. The van der Waals surface area contributed by atoms with E-state index in [1.807, 2.05) is 11.8 Å².